The van der Waals surface area contributed by atoms with Crippen molar-refractivity contribution in [3.8, 4) is 0 Å². The van der Waals surface area contributed by atoms with Crippen LogP contribution in [0.15, 0.2) is 12.4 Å². The molecule has 2 heterocycles. The molecule has 4 N–H and O–H groups in total. The molecule has 2 rings (SSSR count). The number of nitrogens with one attached hydrogen (secondary N) is 2. The molecule has 0 amide bonds. The average molecular weight is 286 g/mol. The minimum Gasteiger partial charge on any atom is -0.369 e. The number of hydrogen-bond acceptors (Lipinski definition) is 5. The van der Waals surface area contributed by atoms with Gasteiger partial charge >= 0.3 is 6.18 Å². The molecule has 20 heavy (non-hydrogen) atoms. The van der Waals surface area contributed by atoms with E-state index in [1.54, 1.807) is 6.20 Å². The highest BCUT2D eigenvalue weighted by molar-refractivity contribution is 5.47. The van der Waals surface area contributed by atoms with Gasteiger partial charge in [-0.3, -0.25) is 0 Å². The van der Waals surface area contributed by atoms with E-state index in [0.29, 0.717) is 18.4 Å². The van der Waals surface area contributed by atoms with E-state index in [4.69, 9.17) is 5.73 Å². The van der Waals surface area contributed by atoms with Crippen molar-refractivity contribution < 1.29 is 13.2 Å². The van der Waals surface area contributed by atoms with Crippen molar-refractivity contribution in [2.45, 2.75) is 19.5 Å². The van der Waals surface area contributed by atoms with E-state index < -0.39 is 11.7 Å². The Morgan fingerprint density at radius 2 is 2.05 bits per heavy atom. The average Bonchev–Trinajstić information content (AvgIpc) is 2.73. The highest BCUT2D eigenvalue weighted by atomic mass is 19.4. The molecular formula is C11H13F3N6. The minimum atomic E-state index is -4.53. The van der Waals surface area contributed by atoms with Gasteiger partial charge in [-0.15, -0.1) is 0 Å². The number of imidazole rings is 1. The first-order valence-electron chi connectivity index (χ1n) is 5.80. The molecule has 9 heteroatoms. The fraction of sp³-hybridized carbons (Fsp3) is 0.364. The summed E-state index contributed by atoms with van der Waals surface area (Å²) in [4.78, 5) is 14.0. The van der Waals surface area contributed by atoms with E-state index in [0.717, 1.165) is 5.69 Å². The van der Waals surface area contributed by atoms with Crippen molar-refractivity contribution >= 4 is 11.8 Å². The van der Waals surface area contributed by atoms with E-state index in [2.05, 4.69) is 25.3 Å². The summed E-state index contributed by atoms with van der Waals surface area (Å²) in [6.45, 7) is 2.09. The van der Waals surface area contributed by atoms with Crippen LogP contribution in [0.2, 0.25) is 0 Å². The van der Waals surface area contributed by atoms with E-state index in [-0.39, 0.29) is 18.3 Å². The van der Waals surface area contributed by atoms with Crippen molar-refractivity contribution in [1.82, 2.24) is 19.9 Å². The monoisotopic (exact) mass is 286 g/mol. The highest BCUT2D eigenvalue weighted by Crippen LogP contribution is 2.33. The van der Waals surface area contributed by atoms with Gasteiger partial charge in [0.15, 0.2) is 0 Å². The fourth-order valence-corrected chi connectivity index (χ4v) is 1.63. The summed E-state index contributed by atoms with van der Waals surface area (Å²) in [5.74, 6) is 0.146. The quantitative estimate of drug-likeness (QED) is 0.796. The van der Waals surface area contributed by atoms with Crippen LogP contribution in [0.1, 0.15) is 17.1 Å². The lowest BCUT2D eigenvalue weighted by Gasteiger charge is -2.12. The molecule has 0 aliphatic carbocycles. The maximum absolute atomic E-state index is 12.8. The van der Waals surface area contributed by atoms with Crippen LogP contribution in [-0.2, 0) is 12.6 Å². The van der Waals surface area contributed by atoms with Gasteiger partial charge in [0.05, 0.1) is 0 Å². The number of aryl methyl sites for hydroxylation is 1. The van der Waals surface area contributed by atoms with Crippen LogP contribution in [-0.4, -0.2) is 26.5 Å². The predicted octanol–water partition coefficient (Wildman–Crippen LogP) is 1.76. The predicted molar refractivity (Wildman–Crippen MR) is 67.0 cm³/mol. The maximum Gasteiger partial charge on any atom is 0.421 e. The van der Waals surface area contributed by atoms with E-state index in [9.17, 15) is 13.2 Å². The molecule has 6 nitrogen and oxygen atoms in total. The third kappa shape index (κ3) is 3.37. The second kappa shape index (κ2) is 5.35. The van der Waals surface area contributed by atoms with Crippen molar-refractivity contribution in [3.05, 3.63) is 29.5 Å². The molecule has 2 aromatic heterocycles. The molecule has 0 aliphatic heterocycles. The van der Waals surface area contributed by atoms with Crippen LogP contribution in [0.4, 0.5) is 24.9 Å². The first kappa shape index (κ1) is 14.1. The van der Waals surface area contributed by atoms with Crippen molar-refractivity contribution in [3.63, 3.8) is 0 Å². The summed E-state index contributed by atoms with van der Waals surface area (Å²) < 4.78 is 38.3. The van der Waals surface area contributed by atoms with Crippen LogP contribution >= 0.6 is 0 Å². The highest BCUT2D eigenvalue weighted by Gasteiger charge is 2.35. The molecule has 108 valence electrons. The molecule has 2 aromatic rings. The number of hydrogen-bond donors (Lipinski definition) is 3. The molecular weight excluding hydrogens is 273 g/mol. The smallest absolute Gasteiger partial charge is 0.369 e. The van der Waals surface area contributed by atoms with Crippen molar-refractivity contribution in [1.29, 1.82) is 0 Å². The van der Waals surface area contributed by atoms with Gasteiger partial charge in [-0.05, 0) is 6.92 Å². The van der Waals surface area contributed by atoms with Gasteiger partial charge in [-0.1, -0.05) is 0 Å². The second-order valence-corrected chi connectivity index (χ2v) is 4.18. The van der Waals surface area contributed by atoms with Gasteiger partial charge in [0.25, 0.3) is 0 Å². The van der Waals surface area contributed by atoms with Gasteiger partial charge in [-0.25, -0.2) is 9.97 Å². The zero-order valence-electron chi connectivity index (χ0n) is 10.6. The fourth-order valence-electron chi connectivity index (χ4n) is 1.63. The first-order valence-corrected chi connectivity index (χ1v) is 5.80. The SMILES string of the molecule is Cc1cnc(CCNc2nc(N)ncc2C(F)(F)F)[nH]1. The van der Waals surface area contributed by atoms with Gasteiger partial charge in [0.1, 0.15) is 17.2 Å². The van der Waals surface area contributed by atoms with E-state index in [1.807, 2.05) is 6.92 Å². The largest absolute Gasteiger partial charge is 0.421 e. The number of rotatable bonds is 4. The van der Waals surface area contributed by atoms with Crippen LogP contribution in [0.5, 0.6) is 0 Å². The van der Waals surface area contributed by atoms with Crippen LogP contribution < -0.4 is 11.1 Å². The minimum absolute atomic E-state index is 0.214. The van der Waals surface area contributed by atoms with E-state index in [1.165, 1.54) is 0 Å². The third-order valence-electron chi connectivity index (χ3n) is 2.52. The summed E-state index contributed by atoms with van der Waals surface area (Å²) in [5, 5.41) is 2.61. The Morgan fingerprint density at radius 1 is 1.30 bits per heavy atom. The number of aromatic nitrogens is 4. The molecule has 0 spiro atoms. The molecule has 0 aliphatic rings. The number of H-pyrrole nitrogens is 1. The summed E-state index contributed by atoms with van der Waals surface area (Å²) in [5.41, 5.74) is 5.26. The lowest BCUT2D eigenvalue weighted by Crippen LogP contribution is -2.16. The van der Waals surface area contributed by atoms with Crippen molar-refractivity contribution in [2.75, 3.05) is 17.6 Å². The lowest BCUT2D eigenvalue weighted by atomic mass is 10.3. The number of halogens is 3. The normalized spacial score (nSPS) is 11.6. The molecule has 0 unspecified atom stereocenters. The molecule has 0 fully saturated rings. The number of nitrogen functional groups attached to an aromatic ring is 1. The Morgan fingerprint density at radius 3 is 2.65 bits per heavy atom. The summed E-state index contributed by atoms with van der Waals surface area (Å²) in [6, 6.07) is 0. The lowest BCUT2D eigenvalue weighted by molar-refractivity contribution is -0.137. The summed E-state index contributed by atoms with van der Waals surface area (Å²) >= 11 is 0. The van der Waals surface area contributed by atoms with Gasteiger partial charge in [-0.2, -0.15) is 18.2 Å². The molecule has 0 saturated carbocycles. The zero-order chi connectivity index (χ0) is 14.8. The number of anilines is 2. The number of nitrogens with zero attached hydrogens (tertiary/aromatic N) is 3. The topological polar surface area (TPSA) is 92.5 Å². The summed E-state index contributed by atoms with van der Waals surface area (Å²) in [6.07, 6.45) is -1.77. The van der Waals surface area contributed by atoms with Gasteiger partial charge in [0.2, 0.25) is 5.95 Å². The Hall–Kier alpha value is -2.32. The number of alkyl halides is 3. The Kier molecular flexibility index (Phi) is 3.77. The number of aromatic amines is 1. The summed E-state index contributed by atoms with van der Waals surface area (Å²) in [7, 11) is 0. The molecule has 0 radical (unpaired) electrons. The standard InChI is InChI=1S/C11H13F3N6/c1-6-4-17-8(19-6)2-3-16-9-7(11(12,13)14)5-18-10(15)20-9/h4-5H,2-3H2,1H3,(H,17,19)(H3,15,16,18,20). The Labute approximate surface area is 112 Å². The van der Waals surface area contributed by atoms with Crippen LogP contribution in [0.3, 0.4) is 0 Å². The Balaban J connectivity index is 2.06. The Bertz CT molecular complexity index is 592. The maximum atomic E-state index is 12.8. The number of nitrogens with two attached hydrogens (primary N) is 1. The van der Waals surface area contributed by atoms with Gasteiger partial charge < -0.3 is 16.0 Å². The van der Waals surface area contributed by atoms with Crippen LogP contribution in [0, 0.1) is 6.92 Å². The molecule has 0 saturated heterocycles. The molecule has 0 atom stereocenters. The van der Waals surface area contributed by atoms with Gasteiger partial charge in [0, 0.05) is 31.1 Å². The molecule has 0 bridgehead atoms. The zero-order valence-corrected chi connectivity index (χ0v) is 10.6. The van der Waals surface area contributed by atoms with Crippen molar-refractivity contribution in [2.24, 2.45) is 0 Å². The van der Waals surface area contributed by atoms with E-state index >= 15 is 0 Å². The van der Waals surface area contributed by atoms with Crippen LogP contribution in [0.25, 0.3) is 0 Å². The molecule has 0 aromatic carbocycles. The third-order valence-corrected chi connectivity index (χ3v) is 2.52. The second-order valence-electron chi connectivity index (χ2n) is 4.18. The first-order chi connectivity index (χ1) is 9.36.